The first kappa shape index (κ1) is 16.9. The number of aromatic nitrogens is 4. The van der Waals surface area contributed by atoms with E-state index in [2.05, 4.69) is 36.3 Å². The molecule has 0 fully saturated rings. The first-order valence-corrected chi connectivity index (χ1v) is 9.26. The molecule has 0 aliphatic carbocycles. The molecule has 2 aromatic heterocycles. The van der Waals surface area contributed by atoms with Crippen molar-refractivity contribution in [3.63, 3.8) is 0 Å². The summed E-state index contributed by atoms with van der Waals surface area (Å²) in [4.78, 5) is 4.29. The van der Waals surface area contributed by atoms with Gasteiger partial charge in [-0.1, -0.05) is 29.1 Å². The Kier molecular flexibility index (Phi) is 4.81. The smallest absolute Gasteiger partial charge is 0.277 e. The van der Waals surface area contributed by atoms with Gasteiger partial charge in [-0.05, 0) is 52.3 Å². The zero-order valence-corrected chi connectivity index (χ0v) is 15.5. The van der Waals surface area contributed by atoms with E-state index in [0.29, 0.717) is 34.1 Å². The van der Waals surface area contributed by atoms with Gasteiger partial charge in [0.1, 0.15) is 5.82 Å². The molecule has 4 aromatic rings. The average Bonchev–Trinajstić information content (AvgIpc) is 3.30. The number of benzene rings is 2. The molecule has 0 amide bonds. The third kappa shape index (κ3) is 3.68. The molecule has 0 aliphatic heterocycles. The SMILES string of the molecule is Fc1ccc(-c2noc(CSc3nnc(-c4ccccc4Br)o3)n2)cc1. The lowest BCUT2D eigenvalue weighted by atomic mass is 10.2. The summed E-state index contributed by atoms with van der Waals surface area (Å²) in [6.45, 7) is 0. The van der Waals surface area contributed by atoms with E-state index in [1.54, 1.807) is 12.1 Å². The van der Waals surface area contributed by atoms with Gasteiger partial charge in [-0.3, -0.25) is 0 Å². The van der Waals surface area contributed by atoms with Crippen LogP contribution in [-0.2, 0) is 5.75 Å². The number of thioether (sulfide) groups is 1. The van der Waals surface area contributed by atoms with Gasteiger partial charge >= 0.3 is 0 Å². The summed E-state index contributed by atoms with van der Waals surface area (Å²) in [6, 6.07) is 13.5. The van der Waals surface area contributed by atoms with Crippen molar-refractivity contribution in [1.82, 2.24) is 20.3 Å². The minimum Gasteiger partial charge on any atom is -0.411 e. The van der Waals surface area contributed by atoms with Crippen molar-refractivity contribution in [2.75, 3.05) is 0 Å². The maximum Gasteiger partial charge on any atom is 0.277 e. The zero-order chi connectivity index (χ0) is 17.9. The standard InChI is InChI=1S/C17H10BrFN4O2S/c18-13-4-2-1-3-12(13)16-21-22-17(24-16)26-9-14-20-15(23-25-14)10-5-7-11(19)8-6-10/h1-8H,9H2. The Balaban J connectivity index is 1.44. The molecule has 0 bridgehead atoms. The number of hydrogen-bond donors (Lipinski definition) is 0. The van der Waals surface area contributed by atoms with Crippen LogP contribution in [0.3, 0.4) is 0 Å². The van der Waals surface area contributed by atoms with E-state index >= 15 is 0 Å². The highest BCUT2D eigenvalue weighted by atomic mass is 79.9. The van der Waals surface area contributed by atoms with Crippen LogP contribution in [0.5, 0.6) is 0 Å². The molecule has 9 heteroatoms. The van der Waals surface area contributed by atoms with Gasteiger partial charge in [-0.25, -0.2) is 4.39 Å². The molecule has 0 spiro atoms. The Morgan fingerprint density at radius 1 is 1.04 bits per heavy atom. The molecule has 26 heavy (non-hydrogen) atoms. The molecule has 0 unspecified atom stereocenters. The van der Waals surface area contributed by atoms with Crippen molar-refractivity contribution in [3.8, 4) is 22.8 Å². The topological polar surface area (TPSA) is 77.8 Å². The second-order valence-electron chi connectivity index (χ2n) is 5.16. The first-order valence-electron chi connectivity index (χ1n) is 7.49. The fraction of sp³-hybridized carbons (Fsp3) is 0.0588. The van der Waals surface area contributed by atoms with Gasteiger partial charge in [0.05, 0.1) is 11.3 Å². The fourth-order valence-electron chi connectivity index (χ4n) is 2.16. The van der Waals surface area contributed by atoms with E-state index in [1.165, 1.54) is 23.9 Å². The van der Waals surface area contributed by atoms with E-state index in [9.17, 15) is 4.39 Å². The number of rotatable bonds is 5. The van der Waals surface area contributed by atoms with Crippen molar-refractivity contribution < 1.29 is 13.3 Å². The summed E-state index contributed by atoms with van der Waals surface area (Å²) in [7, 11) is 0. The van der Waals surface area contributed by atoms with Crippen molar-refractivity contribution in [2.24, 2.45) is 0 Å². The van der Waals surface area contributed by atoms with Crippen LogP contribution in [0.25, 0.3) is 22.8 Å². The number of nitrogens with zero attached hydrogens (tertiary/aromatic N) is 4. The van der Waals surface area contributed by atoms with Gasteiger partial charge in [0.15, 0.2) is 0 Å². The lowest BCUT2D eigenvalue weighted by Crippen LogP contribution is -1.83. The first-order chi connectivity index (χ1) is 12.7. The Labute approximate surface area is 160 Å². The van der Waals surface area contributed by atoms with Crippen LogP contribution in [0.15, 0.2) is 67.2 Å². The maximum absolute atomic E-state index is 13.0. The molecule has 2 aromatic carbocycles. The summed E-state index contributed by atoms with van der Waals surface area (Å²) in [5.74, 6) is 1.31. The summed E-state index contributed by atoms with van der Waals surface area (Å²) in [5, 5.41) is 12.4. The molecule has 0 saturated heterocycles. The van der Waals surface area contributed by atoms with Gasteiger partial charge < -0.3 is 8.94 Å². The third-order valence-corrected chi connectivity index (χ3v) is 4.90. The lowest BCUT2D eigenvalue weighted by molar-refractivity contribution is 0.391. The Morgan fingerprint density at radius 2 is 1.85 bits per heavy atom. The minimum atomic E-state index is -0.315. The van der Waals surface area contributed by atoms with E-state index < -0.39 is 0 Å². The molecule has 0 N–H and O–H groups in total. The van der Waals surface area contributed by atoms with Gasteiger partial charge in [0, 0.05) is 10.0 Å². The average molecular weight is 433 g/mol. The number of hydrogen-bond acceptors (Lipinski definition) is 7. The minimum absolute atomic E-state index is 0.315. The van der Waals surface area contributed by atoms with Gasteiger partial charge in [-0.2, -0.15) is 4.98 Å². The highest BCUT2D eigenvalue weighted by Crippen LogP contribution is 2.30. The van der Waals surface area contributed by atoms with Crippen LogP contribution in [0.4, 0.5) is 4.39 Å². The zero-order valence-electron chi connectivity index (χ0n) is 13.1. The van der Waals surface area contributed by atoms with Crippen LogP contribution >= 0.6 is 27.7 Å². The largest absolute Gasteiger partial charge is 0.411 e. The van der Waals surface area contributed by atoms with Crippen molar-refractivity contribution in [1.29, 1.82) is 0 Å². The Hall–Kier alpha value is -2.52. The summed E-state index contributed by atoms with van der Waals surface area (Å²) in [5.41, 5.74) is 1.50. The Bertz CT molecular complexity index is 1040. The monoisotopic (exact) mass is 432 g/mol. The summed E-state index contributed by atoms with van der Waals surface area (Å²) >= 11 is 4.75. The van der Waals surface area contributed by atoms with Crippen LogP contribution in [0.1, 0.15) is 5.89 Å². The van der Waals surface area contributed by atoms with E-state index in [-0.39, 0.29) is 5.82 Å². The quantitative estimate of drug-likeness (QED) is 0.411. The highest BCUT2D eigenvalue weighted by molar-refractivity contribution is 9.10. The van der Waals surface area contributed by atoms with Crippen LogP contribution in [0.2, 0.25) is 0 Å². The molecule has 0 saturated carbocycles. The van der Waals surface area contributed by atoms with Gasteiger partial charge in [0.25, 0.3) is 5.22 Å². The second-order valence-corrected chi connectivity index (χ2v) is 6.94. The molecule has 4 rings (SSSR count). The second kappa shape index (κ2) is 7.38. The van der Waals surface area contributed by atoms with Gasteiger partial charge in [-0.15, -0.1) is 10.2 Å². The lowest BCUT2D eigenvalue weighted by Gasteiger charge is -1.96. The van der Waals surface area contributed by atoms with Crippen molar-refractivity contribution >= 4 is 27.7 Å². The molecular formula is C17H10BrFN4O2S. The normalized spacial score (nSPS) is 11.0. The predicted octanol–water partition coefficient (Wildman–Crippen LogP) is 4.98. The van der Waals surface area contributed by atoms with E-state index in [0.717, 1.165) is 10.0 Å². The highest BCUT2D eigenvalue weighted by Gasteiger charge is 2.14. The molecule has 0 aliphatic rings. The molecule has 0 radical (unpaired) electrons. The molecule has 2 heterocycles. The Morgan fingerprint density at radius 3 is 2.65 bits per heavy atom. The van der Waals surface area contributed by atoms with Crippen molar-refractivity contribution in [3.05, 3.63) is 64.7 Å². The molecule has 6 nitrogen and oxygen atoms in total. The maximum atomic E-state index is 13.0. The van der Waals surface area contributed by atoms with Gasteiger partial charge in [0.2, 0.25) is 17.6 Å². The van der Waals surface area contributed by atoms with E-state index in [4.69, 9.17) is 8.94 Å². The summed E-state index contributed by atoms with van der Waals surface area (Å²) in [6.07, 6.45) is 0. The molecule has 130 valence electrons. The van der Waals surface area contributed by atoms with E-state index in [1.807, 2.05) is 24.3 Å². The summed E-state index contributed by atoms with van der Waals surface area (Å²) < 4.78 is 24.7. The number of halogens is 2. The van der Waals surface area contributed by atoms with Crippen LogP contribution < -0.4 is 0 Å². The molecule has 0 atom stereocenters. The fourth-order valence-corrected chi connectivity index (χ4v) is 3.22. The predicted molar refractivity (Wildman–Crippen MR) is 96.7 cm³/mol. The van der Waals surface area contributed by atoms with Crippen LogP contribution in [-0.4, -0.2) is 20.3 Å². The van der Waals surface area contributed by atoms with Crippen LogP contribution in [0, 0.1) is 5.82 Å². The third-order valence-electron chi connectivity index (χ3n) is 3.40. The molecular weight excluding hydrogens is 423 g/mol. The van der Waals surface area contributed by atoms with Crippen molar-refractivity contribution in [2.45, 2.75) is 11.0 Å².